The summed E-state index contributed by atoms with van der Waals surface area (Å²) in [6.45, 7) is 2.83. The van der Waals surface area contributed by atoms with E-state index >= 15 is 0 Å². The van der Waals surface area contributed by atoms with Gasteiger partial charge in [0.05, 0.1) is 5.25 Å². The van der Waals surface area contributed by atoms with Crippen molar-refractivity contribution in [2.75, 3.05) is 5.32 Å². The van der Waals surface area contributed by atoms with E-state index in [9.17, 15) is 18.0 Å². The summed E-state index contributed by atoms with van der Waals surface area (Å²) < 4.78 is 24.5. The highest BCUT2D eigenvalue weighted by molar-refractivity contribution is 7.90. The molecule has 0 fully saturated rings. The SMILES string of the molecule is CC(C)S(=O)(=O)NC(=O)NC(=O)Nc1ccccc1. The van der Waals surface area contributed by atoms with Crippen molar-refractivity contribution in [3.8, 4) is 0 Å². The maximum Gasteiger partial charge on any atom is 0.336 e. The number of carbonyl (C=O) groups is 2. The normalized spacial score (nSPS) is 10.9. The second-order valence-electron chi connectivity index (χ2n) is 3.97. The van der Waals surface area contributed by atoms with Crippen molar-refractivity contribution in [2.45, 2.75) is 19.1 Å². The van der Waals surface area contributed by atoms with Crippen LogP contribution in [0, 0.1) is 0 Å². The van der Waals surface area contributed by atoms with E-state index in [0.29, 0.717) is 5.69 Å². The lowest BCUT2D eigenvalue weighted by Gasteiger charge is -2.10. The first-order valence-corrected chi connectivity index (χ1v) is 7.04. The van der Waals surface area contributed by atoms with Gasteiger partial charge in [-0.25, -0.2) is 22.7 Å². The summed E-state index contributed by atoms with van der Waals surface area (Å²) in [6, 6.07) is 6.53. The van der Waals surface area contributed by atoms with Gasteiger partial charge in [0.15, 0.2) is 0 Å². The van der Waals surface area contributed by atoms with Crippen LogP contribution in [0.2, 0.25) is 0 Å². The van der Waals surface area contributed by atoms with Gasteiger partial charge in [0.1, 0.15) is 0 Å². The third-order valence-electron chi connectivity index (χ3n) is 2.11. The van der Waals surface area contributed by atoms with Crippen molar-refractivity contribution in [1.29, 1.82) is 0 Å². The minimum Gasteiger partial charge on any atom is -0.308 e. The van der Waals surface area contributed by atoms with Crippen molar-refractivity contribution in [1.82, 2.24) is 10.0 Å². The van der Waals surface area contributed by atoms with Gasteiger partial charge in [0.2, 0.25) is 10.0 Å². The molecule has 7 nitrogen and oxygen atoms in total. The third kappa shape index (κ3) is 4.96. The van der Waals surface area contributed by atoms with Gasteiger partial charge in [-0.15, -0.1) is 0 Å². The van der Waals surface area contributed by atoms with Crippen LogP contribution in [0.5, 0.6) is 0 Å². The van der Waals surface area contributed by atoms with Crippen LogP contribution in [0.4, 0.5) is 15.3 Å². The quantitative estimate of drug-likeness (QED) is 0.777. The maximum atomic E-state index is 11.4. The second kappa shape index (κ2) is 6.19. The van der Waals surface area contributed by atoms with E-state index in [1.807, 2.05) is 5.32 Å². The van der Waals surface area contributed by atoms with Gasteiger partial charge in [-0.3, -0.25) is 5.32 Å². The van der Waals surface area contributed by atoms with Gasteiger partial charge in [0.25, 0.3) is 0 Å². The molecule has 0 heterocycles. The fourth-order valence-electron chi connectivity index (χ4n) is 1.06. The van der Waals surface area contributed by atoms with Gasteiger partial charge in [-0.2, -0.15) is 0 Å². The predicted molar refractivity (Wildman–Crippen MR) is 71.2 cm³/mol. The smallest absolute Gasteiger partial charge is 0.308 e. The Labute approximate surface area is 111 Å². The molecule has 0 aliphatic carbocycles. The summed E-state index contributed by atoms with van der Waals surface area (Å²) in [5.41, 5.74) is 0.486. The fourth-order valence-corrected chi connectivity index (χ4v) is 1.60. The van der Waals surface area contributed by atoms with E-state index < -0.39 is 27.3 Å². The van der Waals surface area contributed by atoms with Gasteiger partial charge in [0, 0.05) is 5.69 Å². The summed E-state index contributed by atoms with van der Waals surface area (Å²) >= 11 is 0. The minimum absolute atomic E-state index is 0.486. The van der Waals surface area contributed by atoms with Crippen LogP contribution < -0.4 is 15.4 Å². The van der Waals surface area contributed by atoms with Crippen molar-refractivity contribution in [3.63, 3.8) is 0 Å². The summed E-state index contributed by atoms with van der Waals surface area (Å²) in [4.78, 5) is 22.7. The lowest BCUT2D eigenvalue weighted by Crippen LogP contribution is -2.46. The first-order chi connectivity index (χ1) is 8.81. The molecule has 0 saturated carbocycles. The lowest BCUT2D eigenvalue weighted by atomic mass is 10.3. The maximum absolute atomic E-state index is 11.4. The van der Waals surface area contributed by atoms with Crippen molar-refractivity contribution in [3.05, 3.63) is 30.3 Å². The van der Waals surface area contributed by atoms with Crippen LogP contribution in [0.15, 0.2) is 30.3 Å². The zero-order valence-corrected chi connectivity index (χ0v) is 11.3. The number of nitrogens with one attached hydrogen (secondary N) is 3. The molecule has 1 aromatic carbocycles. The first kappa shape index (κ1) is 15.0. The number of anilines is 1. The number of para-hydroxylation sites is 1. The number of amides is 4. The molecule has 0 aliphatic rings. The Kier molecular flexibility index (Phi) is 4.87. The number of hydrogen-bond acceptors (Lipinski definition) is 4. The van der Waals surface area contributed by atoms with Crippen LogP contribution in [-0.2, 0) is 10.0 Å². The van der Waals surface area contributed by atoms with Crippen LogP contribution in [0.1, 0.15) is 13.8 Å². The molecule has 0 bridgehead atoms. The Morgan fingerprint density at radius 1 is 1.05 bits per heavy atom. The van der Waals surface area contributed by atoms with E-state index in [4.69, 9.17) is 0 Å². The van der Waals surface area contributed by atoms with Crippen LogP contribution in [-0.4, -0.2) is 25.7 Å². The Morgan fingerprint density at radius 2 is 1.63 bits per heavy atom. The Morgan fingerprint density at radius 3 is 2.16 bits per heavy atom. The molecule has 1 aromatic rings. The number of benzene rings is 1. The molecule has 0 saturated heterocycles. The van der Waals surface area contributed by atoms with E-state index in [1.165, 1.54) is 13.8 Å². The zero-order chi connectivity index (χ0) is 14.5. The zero-order valence-electron chi connectivity index (χ0n) is 10.5. The molecule has 0 aliphatic heterocycles. The van der Waals surface area contributed by atoms with Gasteiger partial charge < -0.3 is 5.32 Å². The average molecular weight is 285 g/mol. The molecule has 104 valence electrons. The minimum atomic E-state index is -3.76. The fraction of sp³-hybridized carbons (Fsp3) is 0.273. The number of carbonyl (C=O) groups excluding carboxylic acids is 2. The summed E-state index contributed by atoms with van der Waals surface area (Å²) in [6.07, 6.45) is 0. The van der Waals surface area contributed by atoms with E-state index in [1.54, 1.807) is 35.1 Å². The number of urea groups is 2. The van der Waals surface area contributed by atoms with Crippen LogP contribution in [0.3, 0.4) is 0 Å². The van der Waals surface area contributed by atoms with E-state index in [2.05, 4.69) is 5.32 Å². The molecule has 8 heteroatoms. The lowest BCUT2D eigenvalue weighted by molar-refractivity contribution is 0.236. The monoisotopic (exact) mass is 285 g/mol. The molecule has 0 radical (unpaired) electrons. The predicted octanol–water partition coefficient (Wildman–Crippen LogP) is 1.26. The molecule has 1 rings (SSSR count). The molecular formula is C11H15N3O4S. The van der Waals surface area contributed by atoms with Crippen LogP contribution in [0.25, 0.3) is 0 Å². The Bertz CT molecular complexity index is 555. The van der Waals surface area contributed by atoms with Gasteiger partial charge >= 0.3 is 12.1 Å². The number of sulfonamides is 1. The Hall–Kier alpha value is -2.09. The highest BCUT2D eigenvalue weighted by atomic mass is 32.2. The molecule has 19 heavy (non-hydrogen) atoms. The van der Waals surface area contributed by atoms with E-state index in [0.717, 1.165) is 0 Å². The standard InChI is InChI=1S/C11H15N3O4S/c1-8(2)19(17,18)14-11(16)13-10(15)12-9-6-4-3-5-7-9/h3-8H,1-2H3,(H3,12,13,14,15,16). The molecule has 0 atom stereocenters. The van der Waals surface area contributed by atoms with E-state index in [-0.39, 0.29) is 0 Å². The molecule has 3 N–H and O–H groups in total. The van der Waals surface area contributed by atoms with Crippen molar-refractivity contribution < 1.29 is 18.0 Å². The number of rotatable bonds is 3. The van der Waals surface area contributed by atoms with Gasteiger partial charge in [-0.1, -0.05) is 18.2 Å². The van der Waals surface area contributed by atoms with Crippen molar-refractivity contribution in [2.24, 2.45) is 0 Å². The highest BCUT2D eigenvalue weighted by Gasteiger charge is 2.19. The second-order valence-corrected chi connectivity index (χ2v) is 6.21. The molecule has 0 unspecified atom stereocenters. The number of imide groups is 1. The highest BCUT2D eigenvalue weighted by Crippen LogP contribution is 2.04. The third-order valence-corrected chi connectivity index (χ3v) is 3.83. The molecular weight excluding hydrogens is 270 g/mol. The number of hydrogen-bond donors (Lipinski definition) is 3. The molecule has 0 aromatic heterocycles. The summed E-state index contributed by atoms with van der Waals surface area (Å²) in [7, 11) is -3.76. The summed E-state index contributed by atoms with van der Waals surface area (Å²) in [5.74, 6) is 0. The van der Waals surface area contributed by atoms with Crippen molar-refractivity contribution >= 4 is 27.8 Å². The summed E-state index contributed by atoms with van der Waals surface area (Å²) in [5, 5.41) is 3.47. The average Bonchev–Trinajstić information content (AvgIpc) is 2.28. The topological polar surface area (TPSA) is 104 Å². The van der Waals surface area contributed by atoms with Crippen LogP contribution >= 0.6 is 0 Å². The Balaban J connectivity index is 2.52. The molecule has 0 spiro atoms. The largest absolute Gasteiger partial charge is 0.336 e. The van der Waals surface area contributed by atoms with Gasteiger partial charge in [-0.05, 0) is 26.0 Å². The first-order valence-electron chi connectivity index (χ1n) is 5.50. The molecule has 4 amide bonds.